The van der Waals surface area contributed by atoms with Crippen LogP contribution in [0.5, 0.6) is 11.5 Å². The second-order valence-electron chi connectivity index (χ2n) is 17.4. The van der Waals surface area contributed by atoms with Gasteiger partial charge in [0.15, 0.2) is 11.5 Å². The lowest BCUT2D eigenvalue weighted by molar-refractivity contribution is -0.221. The van der Waals surface area contributed by atoms with E-state index in [1.165, 1.54) is 18.8 Å². The number of phenols is 1. The van der Waals surface area contributed by atoms with Gasteiger partial charge in [0.2, 0.25) is 0 Å². The summed E-state index contributed by atoms with van der Waals surface area (Å²) in [6.07, 6.45) is 12.9. The molecule has 4 fully saturated rings. The van der Waals surface area contributed by atoms with E-state index in [1.807, 2.05) is 6.92 Å². The normalized spacial score (nSPS) is 43.9. The monoisotopic (exact) mass is 648 g/mol. The zero-order valence-electron chi connectivity index (χ0n) is 29.7. The maximum absolute atomic E-state index is 13.1. The predicted octanol–water partition coefficient (Wildman–Crippen LogP) is 8.18. The van der Waals surface area contributed by atoms with E-state index in [9.17, 15) is 24.9 Å². The summed E-state index contributed by atoms with van der Waals surface area (Å²) < 4.78 is 11.4. The molecule has 0 unspecified atom stereocenters. The number of aliphatic carboxylic acids is 1. The highest BCUT2D eigenvalue weighted by atomic mass is 16.5. The molecule has 0 bridgehead atoms. The number of aromatic hydroxyl groups is 1. The number of esters is 1. The lowest BCUT2D eigenvalue weighted by Gasteiger charge is -2.71. The highest BCUT2D eigenvalue weighted by Crippen LogP contribution is 2.76. The van der Waals surface area contributed by atoms with Gasteiger partial charge in [-0.25, -0.2) is 4.79 Å². The second kappa shape index (κ2) is 11.1. The molecule has 5 aliphatic carbocycles. The average molecular weight is 649 g/mol. The van der Waals surface area contributed by atoms with Crippen LogP contribution >= 0.6 is 0 Å². The first-order valence-electron chi connectivity index (χ1n) is 17.8. The number of carbonyl (C=O) groups excluding carboxylic acids is 1. The third-order valence-electron chi connectivity index (χ3n) is 15.3. The van der Waals surface area contributed by atoms with Crippen LogP contribution in [0.25, 0.3) is 6.08 Å². The molecule has 7 heteroatoms. The van der Waals surface area contributed by atoms with Crippen LogP contribution in [0.1, 0.15) is 112 Å². The highest BCUT2D eigenvalue weighted by Gasteiger charge is 2.71. The molecule has 1 aromatic carbocycles. The molecule has 7 nitrogen and oxygen atoms in total. The molecule has 1 aromatic rings. The maximum atomic E-state index is 13.1. The summed E-state index contributed by atoms with van der Waals surface area (Å²) >= 11 is 0. The number of methoxy groups -OCH3 is 1. The Bertz CT molecular complexity index is 1510. The van der Waals surface area contributed by atoms with Crippen LogP contribution < -0.4 is 4.74 Å². The van der Waals surface area contributed by atoms with Crippen LogP contribution in [-0.2, 0) is 14.3 Å². The van der Waals surface area contributed by atoms with Crippen molar-refractivity contribution in [1.82, 2.24) is 0 Å². The molecule has 0 aliphatic heterocycles. The average Bonchev–Trinajstić information content (AvgIpc) is 3.00. The zero-order chi connectivity index (χ0) is 34.4. The number of benzene rings is 1. The quantitative estimate of drug-likeness (QED) is 0.168. The van der Waals surface area contributed by atoms with Gasteiger partial charge in [0, 0.05) is 17.4 Å². The minimum Gasteiger partial charge on any atom is -0.504 e. The lowest BCUT2D eigenvalue weighted by atomic mass is 9.33. The molecule has 0 amide bonds. The Balaban J connectivity index is 1.27. The Labute approximate surface area is 280 Å². The first-order chi connectivity index (χ1) is 21.9. The summed E-state index contributed by atoms with van der Waals surface area (Å²) in [5.41, 5.74) is -0.432. The number of phenolic OH excluding ortho intramolecular Hbond substituents is 1. The van der Waals surface area contributed by atoms with Gasteiger partial charge in [-0.2, -0.15) is 0 Å². The number of hydrogen-bond acceptors (Lipinski definition) is 6. The van der Waals surface area contributed by atoms with Crippen molar-refractivity contribution in [2.75, 3.05) is 7.11 Å². The second-order valence-corrected chi connectivity index (χ2v) is 17.4. The summed E-state index contributed by atoms with van der Waals surface area (Å²) in [5, 5.41) is 32.6. The number of aliphatic hydroxyl groups is 1. The van der Waals surface area contributed by atoms with E-state index in [0.29, 0.717) is 30.4 Å². The van der Waals surface area contributed by atoms with E-state index in [4.69, 9.17) is 9.47 Å². The van der Waals surface area contributed by atoms with E-state index in [1.54, 1.807) is 24.3 Å². The lowest BCUT2D eigenvalue weighted by Crippen LogP contribution is -2.67. The maximum Gasteiger partial charge on any atom is 0.331 e. The molecule has 0 spiro atoms. The molecule has 5 aliphatic rings. The molecule has 3 N–H and O–H groups in total. The van der Waals surface area contributed by atoms with E-state index in [2.05, 4.69) is 47.6 Å². The van der Waals surface area contributed by atoms with Crippen molar-refractivity contribution in [1.29, 1.82) is 0 Å². The standard InChI is InChI=1S/C40H56O7/c1-24-15-20-40(34(43)44)22-21-37(5)26(33(40)39(24,7)45)11-13-30-36(4)18-17-31(35(2,3)29(36)16-19-38(30,37)6)47-32(42)14-10-25-9-12-27(41)28(23-25)46-8/h9-12,14,23-24,29-31,33,41,45H,13,15-22H2,1-8H3,(H,43,44)/b14-10+/t24-,29+,30-,31+,33-,36+,37-,38-,39-,40+/m1/s1. The van der Waals surface area contributed by atoms with Crippen molar-refractivity contribution < 1.29 is 34.4 Å². The SMILES string of the molecule is COc1cc(/C=C/C(=O)O[C@H]2CC[C@]3(C)[C@H]4CC=C5[C@H]6[C@](C(=O)O)(CC[C@@H](C)[C@@]6(C)O)CC[C@@]5(C)[C@]4(C)CC[C@H]3C2(C)C)ccc1O. The van der Waals surface area contributed by atoms with E-state index < -0.39 is 17.0 Å². The van der Waals surface area contributed by atoms with Crippen LogP contribution in [0, 0.1) is 50.7 Å². The Morgan fingerprint density at radius 2 is 1.66 bits per heavy atom. The van der Waals surface area contributed by atoms with Crippen LogP contribution in [0.15, 0.2) is 35.9 Å². The van der Waals surface area contributed by atoms with Crippen molar-refractivity contribution >= 4 is 18.0 Å². The third-order valence-corrected chi connectivity index (χ3v) is 15.3. The largest absolute Gasteiger partial charge is 0.504 e. The smallest absolute Gasteiger partial charge is 0.331 e. The topological polar surface area (TPSA) is 113 Å². The van der Waals surface area contributed by atoms with E-state index >= 15 is 0 Å². The molecule has 258 valence electrons. The first kappa shape index (κ1) is 34.1. The third kappa shape index (κ3) is 4.75. The van der Waals surface area contributed by atoms with Gasteiger partial charge in [0.1, 0.15) is 6.10 Å². The van der Waals surface area contributed by atoms with Crippen LogP contribution in [0.2, 0.25) is 0 Å². The van der Waals surface area contributed by atoms with Crippen LogP contribution in [0.4, 0.5) is 0 Å². The van der Waals surface area contributed by atoms with E-state index in [-0.39, 0.29) is 51.3 Å². The van der Waals surface area contributed by atoms with Crippen molar-refractivity contribution in [2.45, 2.75) is 118 Å². The van der Waals surface area contributed by atoms with Crippen LogP contribution in [-0.4, -0.2) is 46.1 Å². The van der Waals surface area contributed by atoms with Crippen molar-refractivity contribution in [2.24, 2.45) is 50.7 Å². The minimum atomic E-state index is -1.07. The summed E-state index contributed by atoms with van der Waals surface area (Å²) in [5.74, 6) is -0.268. The molecule has 6 rings (SSSR count). The molecular weight excluding hydrogens is 592 g/mol. The van der Waals surface area contributed by atoms with E-state index in [0.717, 1.165) is 50.5 Å². The number of fused-ring (bicyclic) bond motifs is 7. The number of rotatable bonds is 5. The van der Waals surface area contributed by atoms with Crippen molar-refractivity contribution in [3.63, 3.8) is 0 Å². The summed E-state index contributed by atoms with van der Waals surface area (Å²) in [4.78, 5) is 26.1. The summed E-state index contributed by atoms with van der Waals surface area (Å²) in [7, 11) is 1.49. The number of carbonyl (C=O) groups is 2. The fourth-order valence-corrected chi connectivity index (χ4v) is 12.2. The number of ether oxygens (including phenoxy) is 2. The zero-order valence-corrected chi connectivity index (χ0v) is 29.7. The Kier molecular flexibility index (Phi) is 8.06. The molecule has 4 saturated carbocycles. The molecule has 0 heterocycles. The molecular formula is C40H56O7. The number of carboxylic acid groups (broad SMARTS) is 1. The van der Waals surface area contributed by atoms with Gasteiger partial charge in [0.25, 0.3) is 0 Å². The van der Waals surface area contributed by atoms with Gasteiger partial charge >= 0.3 is 11.9 Å². The van der Waals surface area contributed by atoms with Gasteiger partial charge in [-0.05, 0) is 122 Å². The van der Waals surface area contributed by atoms with Gasteiger partial charge in [0.05, 0.1) is 18.1 Å². The van der Waals surface area contributed by atoms with Gasteiger partial charge in [-0.15, -0.1) is 0 Å². The Morgan fingerprint density at radius 1 is 0.936 bits per heavy atom. The predicted molar refractivity (Wildman–Crippen MR) is 182 cm³/mol. The number of allylic oxidation sites excluding steroid dienone is 1. The number of carboxylic acids is 1. The van der Waals surface area contributed by atoms with Gasteiger partial charge in [-0.3, -0.25) is 4.79 Å². The Morgan fingerprint density at radius 3 is 2.34 bits per heavy atom. The fourth-order valence-electron chi connectivity index (χ4n) is 12.2. The summed E-state index contributed by atoms with van der Waals surface area (Å²) in [6, 6.07) is 4.96. The Hall–Kier alpha value is -2.80. The molecule has 47 heavy (non-hydrogen) atoms. The van der Waals surface area contributed by atoms with Crippen molar-refractivity contribution in [3.8, 4) is 11.5 Å². The molecule has 10 atom stereocenters. The van der Waals surface area contributed by atoms with Gasteiger partial charge < -0.3 is 24.8 Å². The van der Waals surface area contributed by atoms with Crippen molar-refractivity contribution in [3.05, 3.63) is 41.5 Å². The first-order valence-corrected chi connectivity index (χ1v) is 17.8. The van der Waals surface area contributed by atoms with Gasteiger partial charge in [-0.1, -0.05) is 59.3 Å². The molecule has 0 aromatic heterocycles. The fraction of sp³-hybridized carbons (Fsp3) is 0.700. The minimum absolute atomic E-state index is 0.0305. The van der Waals surface area contributed by atoms with Crippen LogP contribution in [0.3, 0.4) is 0 Å². The molecule has 0 radical (unpaired) electrons. The molecule has 0 saturated heterocycles. The highest BCUT2D eigenvalue weighted by molar-refractivity contribution is 5.87. The summed E-state index contributed by atoms with van der Waals surface area (Å²) in [6.45, 7) is 15.9. The number of hydrogen-bond donors (Lipinski definition) is 3.